The van der Waals surface area contributed by atoms with Crippen molar-refractivity contribution >= 4 is 17.6 Å². The summed E-state index contributed by atoms with van der Waals surface area (Å²) in [6.07, 6.45) is 6.16. The molecule has 130 valence electrons. The predicted molar refractivity (Wildman–Crippen MR) is 92.7 cm³/mol. The number of aromatic nitrogens is 1. The highest BCUT2D eigenvalue weighted by Gasteiger charge is 2.29. The Morgan fingerprint density at radius 2 is 1.88 bits per heavy atom. The van der Waals surface area contributed by atoms with Crippen LogP contribution in [0, 0.1) is 0 Å². The normalized spacial score (nSPS) is 18.7. The minimum Gasteiger partial charge on any atom is -0.353 e. The minimum atomic E-state index is 0.0161. The average Bonchev–Trinajstić information content (AvgIpc) is 3.14. The number of rotatable bonds is 4. The van der Waals surface area contributed by atoms with Gasteiger partial charge in [-0.05, 0) is 25.0 Å². The van der Waals surface area contributed by atoms with Gasteiger partial charge in [0.1, 0.15) is 5.82 Å². The Bertz CT molecular complexity index is 564. The van der Waals surface area contributed by atoms with Crippen LogP contribution in [-0.4, -0.2) is 65.4 Å². The van der Waals surface area contributed by atoms with Gasteiger partial charge in [0.25, 0.3) is 0 Å². The summed E-state index contributed by atoms with van der Waals surface area (Å²) >= 11 is 0. The van der Waals surface area contributed by atoms with Crippen LogP contribution in [0.1, 0.15) is 32.6 Å². The van der Waals surface area contributed by atoms with Crippen molar-refractivity contribution in [2.75, 3.05) is 37.6 Å². The Morgan fingerprint density at radius 3 is 2.46 bits per heavy atom. The zero-order valence-corrected chi connectivity index (χ0v) is 14.4. The summed E-state index contributed by atoms with van der Waals surface area (Å²) in [5, 5.41) is 0. The maximum Gasteiger partial charge on any atom is 0.242 e. The largest absolute Gasteiger partial charge is 0.353 e. The van der Waals surface area contributed by atoms with E-state index in [4.69, 9.17) is 0 Å². The first-order chi connectivity index (χ1) is 11.6. The van der Waals surface area contributed by atoms with E-state index in [0.29, 0.717) is 13.1 Å². The van der Waals surface area contributed by atoms with Gasteiger partial charge in [-0.15, -0.1) is 0 Å². The highest BCUT2D eigenvalue weighted by atomic mass is 16.2. The topological polar surface area (TPSA) is 56.8 Å². The van der Waals surface area contributed by atoms with Crippen LogP contribution in [-0.2, 0) is 9.59 Å². The smallest absolute Gasteiger partial charge is 0.242 e. The van der Waals surface area contributed by atoms with Gasteiger partial charge in [0, 0.05) is 45.3 Å². The average molecular weight is 330 g/mol. The van der Waals surface area contributed by atoms with Gasteiger partial charge in [0.15, 0.2) is 0 Å². The molecule has 2 fully saturated rings. The number of pyridine rings is 1. The molecule has 0 aromatic carbocycles. The standard InChI is InChI=1S/C18H26N4O2/c1-15(23)22(16-6-2-3-7-16)14-18(24)21-12-10-20(11-13-21)17-8-4-5-9-19-17/h4-5,8-9,16H,2-3,6-7,10-14H2,1H3. The Kier molecular flexibility index (Phi) is 5.33. The molecule has 6 nitrogen and oxygen atoms in total. The number of amides is 2. The van der Waals surface area contributed by atoms with Crippen molar-refractivity contribution in [1.82, 2.24) is 14.8 Å². The summed E-state index contributed by atoms with van der Waals surface area (Å²) in [6, 6.07) is 6.13. The lowest BCUT2D eigenvalue weighted by Crippen LogP contribution is -2.53. The van der Waals surface area contributed by atoms with E-state index in [9.17, 15) is 9.59 Å². The summed E-state index contributed by atoms with van der Waals surface area (Å²) in [6.45, 7) is 4.74. The van der Waals surface area contributed by atoms with E-state index in [2.05, 4.69) is 9.88 Å². The molecule has 0 radical (unpaired) electrons. The number of piperazine rings is 1. The molecule has 2 aliphatic rings. The SMILES string of the molecule is CC(=O)N(CC(=O)N1CCN(c2ccccn2)CC1)C1CCCC1. The molecule has 6 heteroatoms. The number of nitrogens with zero attached hydrogens (tertiary/aromatic N) is 4. The second-order valence-electron chi connectivity index (χ2n) is 6.64. The van der Waals surface area contributed by atoms with E-state index in [1.165, 1.54) is 0 Å². The molecular formula is C18H26N4O2. The molecule has 1 saturated heterocycles. The summed E-state index contributed by atoms with van der Waals surface area (Å²) in [5.74, 6) is 1.04. The molecule has 0 unspecified atom stereocenters. The lowest BCUT2D eigenvalue weighted by Gasteiger charge is -2.37. The van der Waals surface area contributed by atoms with Crippen LogP contribution in [0.4, 0.5) is 5.82 Å². The molecule has 3 rings (SSSR count). The van der Waals surface area contributed by atoms with Crippen LogP contribution in [0.5, 0.6) is 0 Å². The van der Waals surface area contributed by atoms with E-state index in [1.54, 1.807) is 18.0 Å². The third kappa shape index (κ3) is 3.86. The quantitative estimate of drug-likeness (QED) is 0.840. The van der Waals surface area contributed by atoms with Gasteiger partial charge in [-0.3, -0.25) is 9.59 Å². The van der Waals surface area contributed by atoms with Crippen LogP contribution >= 0.6 is 0 Å². The minimum absolute atomic E-state index is 0.0161. The summed E-state index contributed by atoms with van der Waals surface area (Å²) in [4.78, 5) is 34.8. The van der Waals surface area contributed by atoms with Crippen LogP contribution < -0.4 is 4.90 Å². The van der Waals surface area contributed by atoms with Crippen molar-refractivity contribution in [2.45, 2.75) is 38.6 Å². The lowest BCUT2D eigenvalue weighted by atomic mass is 10.2. The van der Waals surface area contributed by atoms with E-state index in [0.717, 1.165) is 44.6 Å². The molecule has 0 atom stereocenters. The van der Waals surface area contributed by atoms with Crippen LogP contribution in [0.3, 0.4) is 0 Å². The fourth-order valence-electron chi connectivity index (χ4n) is 3.68. The number of hydrogen-bond donors (Lipinski definition) is 0. The second kappa shape index (κ2) is 7.64. The maximum atomic E-state index is 12.6. The molecule has 1 aliphatic carbocycles. The van der Waals surface area contributed by atoms with Crippen LogP contribution in [0.25, 0.3) is 0 Å². The summed E-state index contributed by atoms with van der Waals surface area (Å²) in [5.41, 5.74) is 0. The predicted octanol–water partition coefficient (Wildman–Crippen LogP) is 1.52. The fraction of sp³-hybridized carbons (Fsp3) is 0.611. The molecule has 1 saturated carbocycles. The highest BCUT2D eigenvalue weighted by molar-refractivity contribution is 5.84. The molecular weight excluding hydrogens is 304 g/mol. The number of carbonyl (C=O) groups excluding carboxylic acids is 2. The van der Waals surface area contributed by atoms with Gasteiger partial charge < -0.3 is 14.7 Å². The Labute approximate surface area is 143 Å². The van der Waals surface area contributed by atoms with E-state index in [-0.39, 0.29) is 24.4 Å². The molecule has 2 heterocycles. The van der Waals surface area contributed by atoms with Gasteiger partial charge in [-0.25, -0.2) is 4.98 Å². The number of carbonyl (C=O) groups is 2. The van der Waals surface area contributed by atoms with E-state index >= 15 is 0 Å². The number of hydrogen-bond acceptors (Lipinski definition) is 4. The number of anilines is 1. The third-order valence-electron chi connectivity index (χ3n) is 5.08. The summed E-state index contributed by atoms with van der Waals surface area (Å²) in [7, 11) is 0. The fourth-order valence-corrected chi connectivity index (χ4v) is 3.68. The van der Waals surface area contributed by atoms with Crippen LogP contribution in [0.2, 0.25) is 0 Å². The maximum absolute atomic E-state index is 12.6. The molecule has 2 amide bonds. The Hall–Kier alpha value is -2.11. The third-order valence-corrected chi connectivity index (χ3v) is 5.08. The lowest BCUT2D eigenvalue weighted by molar-refractivity contribution is -0.141. The first kappa shape index (κ1) is 16.7. The van der Waals surface area contributed by atoms with Gasteiger partial charge in [0.2, 0.25) is 11.8 Å². The molecule has 0 spiro atoms. The second-order valence-corrected chi connectivity index (χ2v) is 6.64. The van der Waals surface area contributed by atoms with E-state index < -0.39 is 0 Å². The summed E-state index contributed by atoms with van der Waals surface area (Å²) < 4.78 is 0. The first-order valence-corrected chi connectivity index (χ1v) is 8.86. The van der Waals surface area contributed by atoms with Crippen molar-refractivity contribution in [3.8, 4) is 0 Å². The van der Waals surface area contributed by atoms with Gasteiger partial charge in [0.05, 0.1) is 6.54 Å². The van der Waals surface area contributed by atoms with Crippen molar-refractivity contribution in [1.29, 1.82) is 0 Å². The zero-order chi connectivity index (χ0) is 16.9. The van der Waals surface area contributed by atoms with E-state index in [1.807, 2.05) is 23.1 Å². The monoisotopic (exact) mass is 330 g/mol. The molecule has 1 aromatic heterocycles. The highest BCUT2D eigenvalue weighted by Crippen LogP contribution is 2.23. The Balaban J connectivity index is 1.53. The van der Waals surface area contributed by atoms with Gasteiger partial charge >= 0.3 is 0 Å². The van der Waals surface area contributed by atoms with Crippen LogP contribution in [0.15, 0.2) is 24.4 Å². The molecule has 1 aliphatic heterocycles. The zero-order valence-electron chi connectivity index (χ0n) is 14.4. The first-order valence-electron chi connectivity index (χ1n) is 8.86. The van der Waals surface area contributed by atoms with Gasteiger partial charge in [-0.2, -0.15) is 0 Å². The van der Waals surface area contributed by atoms with Crippen molar-refractivity contribution in [3.05, 3.63) is 24.4 Å². The molecule has 24 heavy (non-hydrogen) atoms. The van der Waals surface area contributed by atoms with Crippen molar-refractivity contribution < 1.29 is 9.59 Å². The van der Waals surface area contributed by atoms with Gasteiger partial charge in [-0.1, -0.05) is 18.9 Å². The Morgan fingerprint density at radius 1 is 1.17 bits per heavy atom. The van der Waals surface area contributed by atoms with Crippen molar-refractivity contribution in [2.24, 2.45) is 0 Å². The van der Waals surface area contributed by atoms with Crippen molar-refractivity contribution in [3.63, 3.8) is 0 Å². The molecule has 0 bridgehead atoms. The molecule has 0 N–H and O–H groups in total. The molecule has 1 aromatic rings.